The zero-order valence-electron chi connectivity index (χ0n) is 13.9. The molecule has 0 aliphatic rings. The lowest BCUT2D eigenvalue weighted by atomic mass is 10.1. The van der Waals surface area contributed by atoms with Crippen LogP contribution in [0.3, 0.4) is 0 Å². The van der Waals surface area contributed by atoms with E-state index in [1.807, 2.05) is 4.72 Å². The molecule has 0 aliphatic carbocycles. The topological polar surface area (TPSA) is 101 Å². The number of nitrogens with zero attached hydrogens (tertiary/aromatic N) is 2. The van der Waals surface area contributed by atoms with Crippen LogP contribution in [-0.2, 0) is 10.0 Å². The van der Waals surface area contributed by atoms with E-state index >= 15 is 0 Å². The Morgan fingerprint density at radius 3 is 2.31 bits per heavy atom. The van der Waals surface area contributed by atoms with Gasteiger partial charge in [-0.25, -0.2) is 27.9 Å². The fourth-order valence-electron chi connectivity index (χ4n) is 2.57. The van der Waals surface area contributed by atoms with Crippen LogP contribution in [0.1, 0.15) is 11.4 Å². The van der Waals surface area contributed by atoms with E-state index in [0.29, 0.717) is 22.2 Å². The van der Waals surface area contributed by atoms with Crippen molar-refractivity contribution in [3.8, 4) is 0 Å². The Kier molecular flexibility index (Phi) is 4.80. The Labute approximate surface area is 155 Å². The maximum absolute atomic E-state index is 12.7. The summed E-state index contributed by atoms with van der Waals surface area (Å²) in [6.45, 7) is 3.49. The largest absolute Gasteiger partial charge is 0.335 e. The molecule has 0 aliphatic heterocycles. The average Bonchev–Trinajstić information content (AvgIpc) is 2.53. The zero-order valence-corrected chi connectivity index (χ0v) is 15.5. The molecular weight excluding hydrogens is 376 g/mol. The van der Waals surface area contributed by atoms with Crippen molar-refractivity contribution in [3.63, 3.8) is 0 Å². The minimum absolute atomic E-state index is 0.0196. The lowest BCUT2D eigenvalue weighted by Gasteiger charge is -2.11. The summed E-state index contributed by atoms with van der Waals surface area (Å²) >= 11 is 6.16. The number of fused-ring (bicyclic) bond motifs is 1. The Balaban J connectivity index is 1.91. The molecule has 26 heavy (non-hydrogen) atoms. The summed E-state index contributed by atoms with van der Waals surface area (Å²) in [5, 5.41) is 3.61. The van der Waals surface area contributed by atoms with Crippen LogP contribution < -0.4 is 10.0 Å². The van der Waals surface area contributed by atoms with Gasteiger partial charge in [-0.15, -0.1) is 0 Å². The summed E-state index contributed by atoms with van der Waals surface area (Å²) in [5.74, 6) is 0.0196. The highest BCUT2D eigenvalue weighted by molar-refractivity contribution is 7.90. The van der Waals surface area contributed by atoms with E-state index in [9.17, 15) is 13.2 Å². The highest BCUT2D eigenvalue weighted by Gasteiger charge is 2.22. The normalized spacial score (nSPS) is 11.3. The summed E-state index contributed by atoms with van der Waals surface area (Å²) in [7, 11) is -4.15. The number of benzene rings is 2. The van der Waals surface area contributed by atoms with E-state index in [1.54, 1.807) is 50.2 Å². The predicted octanol–water partition coefficient (Wildman–Crippen LogP) is 3.41. The second-order valence-corrected chi connectivity index (χ2v) is 7.69. The van der Waals surface area contributed by atoms with Gasteiger partial charge in [0.2, 0.25) is 5.95 Å². The number of aromatic nitrogens is 2. The van der Waals surface area contributed by atoms with Gasteiger partial charge in [-0.05, 0) is 37.4 Å². The van der Waals surface area contributed by atoms with E-state index in [0.717, 1.165) is 0 Å². The fraction of sp³-hybridized carbons (Fsp3) is 0.118. The second-order valence-electron chi connectivity index (χ2n) is 5.63. The molecule has 2 aromatic carbocycles. The summed E-state index contributed by atoms with van der Waals surface area (Å²) in [5.41, 5.74) is 1.30. The van der Waals surface area contributed by atoms with E-state index < -0.39 is 16.1 Å². The Bertz CT molecular complexity index is 1090. The number of carbonyl (C=O) groups excluding carboxylic acids is 1. The Morgan fingerprint density at radius 2 is 1.65 bits per heavy atom. The maximum Gasteiger partial charge on any atom is 0.335 e. The van der Waals surface area contributed by atoms with Gasteiger partial charge in [0.05, 0.1) is 4.90 Å². The van der Waals surface area contributed by atoms with Crippen molar-refractivity contribution in [1.29, 1.82) is 0 Å². The molecule has 0 saturated carbocycles. The number of carbonyl (C=O) groups is 1. The van der Waals surface area contributed by atoms with Gasteiger partial charge in [0.15, 0.2) is 0 Å². The molecule has 3 rings (SSSR count). The molecule has 2 amide bonds. The molecule has 0 bridgehead atoms. The smallest absolute Gasteiger partial charge is 0.275 e. The van der Waals surface area contributed by atoms with E-state index in [2.05, 4.69) is 15.3 Å². The quantitative estimate of drug-likeness (QED) is 0.713. The third-order valence-corrected chi connectivity index (χ3v) is 5.23. The van der Waals surface area contributed by atoms with Gasteiger partial charge in [-0.1, -0.05) is 35.9 Å². The van der Waals surface area contributed by atoms with Crippen LogP contribution in [0.25, 0.3) is 10.8 Å². The molecule has 0 unspecified atom stereocenters. The molecule has 2 N–H and O–H groups in total. The first kappa shape index (κ1) is 18.1. The molecule has 0 atom stereocenters. The number of hydrogen-bond donors (Lipinski definition) is 2. The van der Waals surface area contributed by atoms with Gasteiger partial charge >= 0.3 is 6.03 Å². The van der Waals surface area contributed by atoms with Crippen LogP contribution in [0.5, 0.6) is 0 Å². The molecule has 9 heteroatoms. The molecular formula is C17H15ClN4O3S. The van der Waals surface area contributed by atoms with Gasteiger partial charge in [-0.3, -0.25) is 5.32 Å². The second kappa shape index (κ2) is 6.89. The molecule has 0 saturated heterocycles. The summed E-state index contributed by atoms with van der Waals surface area (Å²) < 4.78 is 27.3. The molecule has 134 valence electrons. The summed E-state index contributed by atoms with van der Waals surface area (Å²) in [4.78, 5) is 20.1. The van der Waals surface area contributed by atoms with Crippen LogP contribution in [0.15, 0.2) is 47.4 Å². The van der Waals surface area contributed by atoms with Crippen LogP contribution in [0.2, 0.25) is 5.02 Å². The molecule has 0 fully saturated rings. The number of urea groups is 1. The van der Waals surface area contributed by atoms with Crippen molar-refractivity contribution < 1.29 is 13.2 Å². The SMILES string of the molecule is Cc1cc(C)nc(NC(=O)NS(=O)(=O)c2cccc3cccc(Cl)c23)n1. The number of nitrogens with one attached hydrogen (secondary N) is 2. The molecule has 1 aromatic heterocycles. The summed E-state index contributed by atoms with van der Waals surface area (Å²) in [6, 6.07) is 10.5. The Morgan fingerprint density at radius 1 is 1.04 bits per heavy atom. The van der Waals surface area contributed by atoms with Crippen molar-refractivity contribution in [2.75, 3.05) is 5.32 Å². The van der Waals surface area contributed by atoms with E-state index in [-0.39, 0.29) is 15.9 Å². The van der Waals surface area contributed by atoms with Gasteiger partial charge in [0.1, 0.15) is 0 Å². The number of halogens is 1. The van der Waals surface area contributed by atoms with Crippen LogP contribution >= 0.6 is 11.6 Å². The standard InChI is InChI=1S/C17H15ClN4O3S/c1-10-9-11(2)20-16(19-10)21-17(23)22-26(24,25)14-8-4-6-12-5-3-7-13(18)15(12)14/h3-9H,1-2H3,(H2,19,20,21,22,23). The van der Waals surface area contributed by atoms with Crippen molar-refractivity contribution in [2.24, 2.45) is 0 Å². The van der Waals surface area contributed by atoms with Gasteiger partial charge < -0.3 is 0 Å². The van der Waals surface area contributed by atoms with Crippen LogP contribution in [0.4, 0.5) is 10.7 Å². The highest BCUT2D eigenvalue weighted by atomic mass is 35.5. The van der Waals surface area contributed by atoms with Gasteiger partial charge in [-0.2, -0.15) is 0 Å². The molecule has 3 aromatic rings. The van der Waals surface area contributed by atoms with E-state index in [1.165, 1.54) is 6.07 Å². The van der Waals surface area contributed by atoms with Gasteiger partial charge in [0, 0.05) is 21.8 Å². The fourth-order valence-corrected chi connectivity index (χ4v) is 4.07. The third-order valence-electron chi connectivity index (χ3n) is 3.54. The predicted molar refractivity (Wildman–Crippen MR) is 99.8 cm³/mol. The van der Waals surface area contributed by atoms with Crippen molar-refractivity contribution >= 4 is 44.4 Å². The van der Waals surface area contributed by atoms with Crippen molar-refractivity contribution in [1.82, 2.24) is 14.7 Å². The molecule has 0 spiro atoms. The Hall–Kier alpha value is -2.71. The number of anilines is 1. The lowest BCUT2D eigenvalue weighted by Crippen LogP contribution is -2.35. The summed E-state index contributed by atoms with van der Waals surface area (Å²) in [6.07, 6.45) is 0. The number of rotatable bonds is 3. The lowest BCUT2D eigenvalue weighted by molar-refractivity contribution is 0.256. The number of amides is 2. The number of aryl methyl sites for hydroxylation is 2. The minimum atomic E-state index is -4.15. The first-order valence-corrected chi connectivity index (χ1v) is 9.46. The first-order valence-electron chi connectivity index (χ1n) is 7.59. The van der Waals surface area contributed by atoms with E-state index in [4.69, 9.17) is 11.6 Å². The highest BCUT2D eigenvalue weighted by Crippen LogP contribution is 2.29. The molecule has 0 radical (unpaired) electrons. The third kappa shape index (κ3) is 3.76. The average molecular weight is 391 g/mol. The monoisotopic (exact) mass is 390 g/mol. The maximum atomic E-state index is 12.7. The minimum Gasteiger partial charge on any atom is -0.275 e. The molecule has 7 nitrogen and oxygen atoms in total. The van der Waals surface area contributed by atoms with Crippen LogP contribution in [0, 0.1) is 13.8 Å². The molecule has 1 heterocycles. The zero-order chi connectivity index (χ0) is 18.9. The number of sulfonamides is 1. The van der Waals surface area contributed by atoms with Gasteiger partial charge in [0.25, 0.3) is 10.0 Å². The first-order chi connectivity index (χ1) is 12.3. The number of hydrogen-bond acceptors (Lipinski definition) is 5. The van der Waals surface area contributed by atoms with Crippen molar-refractivity contribution in [2.45, 2.75) is 18.7 Å². The van der Waals surface area contributed by atoms with Crippen LogP contribution in [-0.4, -0.2) is 24.4 Å². The van der Waals surface area contributed by atoms with Crippen molar-refractivity contribution in [3.05, 3.63) is 58.9 Å².